The van der Waals surface area contributed by atoms with Gasteiger partial charge in [-0.05, 0) is 45.6 Å². The molecule has 1 aliphatic heterocycles. The molecular formula is C14H29N3. The third kappa shape index (κ3) is 3.43. The quantitative estimate of drug-likeness (QED) is 0.792. The van der Waals surface area contributed by atoms with E-state index in [1.807, 2.05) is 0 Å². The lowest BCUT2D eigenvalue weighted by Crippen LogP contribution is -2.53. The van der Waals surface area contributed by atoms with E-state index in [9.17, 15) is 0 Å². The fourth-order valence-electron chi connectivity index (χ4n) is 2.95. The van der Waals surface area contributed by atoms with Gasteiger partial charge >= 0.3 is 0 Å². The molecule has 2 N–H and O–H groups in total. The Balaban J connectivity index is 1.65. The van der Waals surface area contributed by atoms with E-state index in [0.717, 1.165) is 6.04 Å². The number of piperazine rings is 1. The van der Waals surface area contributed by atoms with Crippen LogP contribution in [0.25, 0.3) is 0 Å². The van der Waals surface area contributed by atoms with Gasteiger partial charge in [0.25, 0.3) is 0 Å². The fourth-order valence-corrected chi connectivity index (χ4v) is 2.95. The molecule has 2 rings (SSSR count). The fraction of sp³-hybridized carbons (Fsp3) is 1.00. The molecule has 2 fully saturated rings. The highest BCUT2D eigenvalue weighted by Crippen LogP contribution is 2.32. The van der Waals surface area contributed by atoms with Crippen molar-refractivity contribution in [2.45, 2.75) is 57.5 Å². The Morgan fingerprint density at radius 1 is 1.18 bits per heavy atom. The van der Waals surface area contributed by atoms with Crippen molar-refractivity contribution < 1.29 is 0 Å². The minimum atomic E-state index is 0.202. The second-order valence-electron chi connectivity index (χ2n) is 6.10. The van der Waals surface area contributed by atoms with Crippen molar-refractivity contribution in [1.29, 1.82) is 0 Å². The first-order valence-corrected chi connectivity index (χ1v) is 7.38. The van der Waals surface area contributed by atoms with Crippen molar-refractivity contribution in [3.63, 3.8) is 0 Å². The molecule has 0 aromatic carbocycles. The predicted molar refractivity (Wildman–Crippen MR) is 73.2 cm³/mol. The molecule has 3 nitrogen and oxygen atoms in total. The lowest BCUT2D eigenvalue weighted by atomic mass is 9.75. The highest BCUT2D eigenvalue weighted by Gasteiger charge is 2.32. The van der Waals surface area contributed by atoms with Gasteiger partial charge in [-0.2, -0.15) is 0 Å². The van der Waals surface area contributed by atoms with Gasteiger partial charge in [-0.25, -0.2) is 0 Å². The van der Waals surface area contributed by atoms with Crippen LogP contribution in [0.4, 0.5) is 0 Å². The molecule has 1 saturated carbocycles. The second-order valence-corrected chi connectivity index (χ2v) is 6.10. The molecule has 0 amide bonds. The molecule has 100 valence electrons. The predicted octanol–water partition coefficient (Wildman–Crippen LogP) is 1.67. The van der Waals surface area contributed by atoms with Crippen LogP contribution < -0.4 is 5.73 Å². The number of hydrogen-bond acceptors (Lipinski definition) is 3. The molecule has 0 aromatic heterocycles. The summed E-state index contributed by atoms with van der Waals surface area (Å²) in [5.41, 5.74) is 6.48. The van der Waals surface area contributed by atoms with Crippen molar-refractivity contribution in [3.8, 4) is 0 Å². The van der Waals surface area contributed by atoms with Crippen LogP contribution in [0.1, 0.15) is 46.0 Å². The minimum Gasteiger partial charge on any atom is -0.325 e. The summed E-state index contributed by atoms with van der Waals surface area (Å²) in [5.74, 6) is 0. The Bertz CT molecular complexity index is 230. The third-order valence-corrected chi connectivity index (χ3v) is 4.90. The maximum absolute atomic E-state index is 6.28. The zero-order chi connectivity index (χ0) is 12.3. The Labute approximate surface area is 106 Å². The van der Waals surface area contributed by atoms with Crippen LogP contribution in [0.3, 0.4) is 0 Å². The zero-order valence-corrected chi connectivity index (χ0v) is 11.6. The van der Waals surface area contributed by atoms with Crippen LogP contribution in [0.15, 0.2) is 0 Å². The molecule has 1 heterocycles. The van der Waals surface area contributed by atoms with Gasteiger partial charge in [0, 0.05) is 37.8 Å². The Morgan fingerprint density at radius 3 is 2.29 bits per heavy atom. The lowest BCUT2D eigenvalue weighted by Gasteiger charge is -2.42. The van der Waals surface area contributed by atoms with E-state index >= 15 is 0 Å². The molecule has 1 aliphatic carbocycles. The molecule has 0 aromatic rings. The lowest BCUT2D eigenvalue weighted by molar-refractivity contribution is 0.0885. The van der Waals surface area contributed by atoms with Gasteiger partial charge in [0.2, 0.25) is 0 Å². The second kappa shape index (κ2) is 5.68. The molecule has 0 radical (unpaired) electrons. The van der Waals surface area contributed by atoms with Crippen molar-refractivity contribution in [2.24, 2.45) is 5.73 Å². The van der Waals surface area contributed by atoms with Crippen LogP contribution in [0.2, 0.25) is 0 Å². The number of nitrogens with two attached hydrogens (primary N) is 1. The summed E-state index contributed by atoms with van der Waals surface area (Å²) >= 11 is 0. The van der Waals surface area contributed by atoms with E-state index in [4.69, 9.17) is 5.73 Å². The first kappa shape index (κ1) is 13.3. The third-order valence-electron chi connectivity index (χ3n) is 4.90. The topological polar surface area (TPSA) is 32.5 Å². The Kier molecular flexibility index (Phi) is 4.45. The average Bonchev–Trinajstić information content (AvgIpc) is 2.33. The summed E-state index contributed by atoms with van der Waals surface area (Å²) in [4.78, 5) is 5.23. The minimum absolute atomic E-state index is 0.202. The standard InChI is InChI=1S/C14H29N3/c1-3-13(2)17-11-9-16(10-12-17)8-7-14(15)5-4-6-14/h13H,3-12,15H2,1-2H3. The van der Waals surface area contributed by atoms with Crippen molar-refractivity contribution in [1.82, 2.24) is 9.80 Å². The van der Waals surface area contributed by atoms with E-state index in [1.54, 1.807) is 0 Å². The van der Waals surface area contributed by atoms with Gasteiger partial charge < -0.3 is 10.6 Å². The Hall–Kier alpha value is -0.120. The maximum Gasteiger partial charge on any atom is 0.0166 e. The highest BCUT2D eigenvalue weighted by atomic mass is 15.3. The molecule has 1 saturated heterocycles. The van der Waals surface area contributed by atoms with Gasteiger partial charge in [0.15, 0.2) is 0 Å². The smallest absolute Gasteiger partial charge is 0.0166 e. The highest BCUT2D eigenvalue weighted by molar-refractivity contribution is 4.93. The van der Waals surface area contributed by atoms with Gasteiger partial charge in [-0.1, -0.05) is 6.92 Å². The average molecular weight is 239 g/mol. The van der Waals surface area contributed by atoms with E-state index in [-0.39, 0.29) is 5.54 Å². The summed E-state index contributed by atoms with van der Waals surface area (Å²) < 4.78 is 0. The summed E-state index contributed by atoms with van der Waals surface area (Å²) in [6.45, 7) is 10.8. The molecule has 17 heavy (non-hydrogen) atoms. The molecule has 0 spiro atoms. The summed E-state index contributed by atoms with van der Waals surface area (Å²) in [7, 11) is 0. The van der Waals surface area contributed by atoms with Gasteiger partial charge in [0.1, 0.15) is 0 Å². The van der Waals surface area contributed by atoms with E-state index < -0.39 is 0 Å². The van der Waals surface area contributed by atoms with E-state index in [0.29, 0.717) is 0 Å². The molecule has 0 bridgehead atoms. The largest absolute Gasteiger partial charge is 0.325 e. The summed E-state index contributed by atoms with van der Waals surface area (Å²) in [6.07, 6.45) is 6.32. The summed E-state index contributed by atoms with van der Waals surface area (Å²) in [5, 5.41) is 0. The molecular weight excluding hydrogens is 210 g/mol. The first-order chi connectivity index (χ1) is 8.13. The van der Waals surface area contributed by atoms with Crippen LogP contribution >= 0.6 is 0 Å². The SMILES string of the molecule is CCC(C)N1CCN(CCC2(N)CCC2)CC1. The normalized spacial score (nSPS) is 27.7. The number of nitrogens with zero attached hydrogens (tertiary/aromatic N) is 2. The van der Waals surface area contributed by atoms with Crippen LogP contribution in [-0.2, 0) is 0 Å². The van der Waals surface area contributed by atoms with E-state index in [1.165, 1.54) is 64.8 Å². The molecule has 2 aliphatic rings. The number of rotatable bonds is 5. The Morgan fingerprint density at radius 2 is 1.82 bits per heavy atom. The zero-order valence-electron chi connectivity index (χ0n) is 11.6. The van der Waals surface area contributed by atoms with Crippen LogP contribution in [-0.4, -0.2) is 54.1 Å². The van der Waals surface area contributed by atoms with E-state index in [2.05, 4.69) is 23.6 Å². The van der Waals surface area contributed by atoms with Crippen molar-refractivity contribution in [3.05, 3.63) is 0 Å². The summed E-state index contributed by atoms with van der Waals surface area (Å²) in [6, 6.07) is 0.754. The van der Waals surface area contributed by atoms with Crippen molar-refractivity contribution >= 4 is 0 Å². The van der Waals surface area contributed by atoms with Gasteiger partial charge in [-0.15, -0.1) is 0 Å². The molecule has 1 atom stereocenters. The van der Waals surface area contributed by atoms with Crippen LogP contribution in [0.5, 0.6) is 0 Å². The van der Waals surface area contributed by atoms with Gasteiger partial charge in [-0.3, -0.25) is 4.90 Å². The van der Waals surface area contributed by atoms with Crippen molar-refractivity contribution in [2.75, 3.05) is 32.7 Å². The molecule has 1 unspecified atom stereocenters. The van der Waals surface area contributed by atoms with Crippen LogP contribution in [0, 0.1) is 0 Å². The monoisotopic (exact) mass is 239 g/mol. The van der Waals surface area contributed by atoms with Gasteiger partial charge in [0.05, 0.1) is 0 Å². The number of hydrogen-bond donors (Lipinski definition) is 1. The molecule has 3 heteroatoms. The maximum atomic E-state index is 6.28. The first-order valence-electron chi connectivity index (χ1n) is 7.38.